The summed E-state index contributed by atoms with van der Waals surface area (Å²) in [4.78, 5) is 25.2. The molecule has 0 aromatic carbocycles. The summed E-state index contributed by atoms with van der Waals surface area (Å²) in [5, 5.41) is 8.13. The smallest absolute Gasteiger partial charge is 0.257 e. The van der Waals surface area contributed by atoms with E-state index in [1.54, 1.807) is 12.4 Å². The standard InChI is InChI=1S/C16H21N7O2/c1-10-12(7-17-16(19-10)21(2)3)15(24)22-5-4-13-14(8-22)25-9-11-6-18-20-23(11)13/h6-7,13-14H,4-5,8-9H2,1-3H3/t13-,14-/m0/s1. The first-order valence-electron chi connectivity index (χ1n) is 8.35. The molecule has 0 aliphatic carbocycles. The topological polar surface area (TPSA) is 89.3 Å². The minimum atomic E-state index is -0.0610. The van der Waals surface area contributed by atoms with Gasteiger partial charge in [-0.3, -0.25) is 4.79 Å². The lowest BCUT2D eigenvalue weighted by molar-refractivity contribution is -0.0628. The third-order valence-electron chi connectivity index (χ3n) is 4.82. The molecule has 1 saturated heterocycles. The number of hydrogen-bond donors (Lipinski definition) is 0. The van der Waals surface area contributed by atoms with Gasteiger partial charge in [0.05, 0.1) is 41.9 Å². The molecule has 25 heavy (non-hydrogen) atoms. The van der Waals surface area contributed by atoms with E-state index >= 15 is 0 Å². The molecule has 0 unspecified atom stereocenters. The monoisotopic (exact) mass is 343 g/mol. The van der Waals surface area contributed by atoms with Crippen LogP contribution in [-0.2, 0) is 11.3 Å². The molecule has 2 aliphatic heterocycles. The van der Waals surface area contributed by atoms with Crippen LogP contribution in [0.15, 0.2) is 12.4 Å². The van der Waals surface area contributed by atoms with Crippen molar-refractivity contribution in [3.8, 4) is 0 Å². The zero-order valence-corrected chi connectivity index (χ0v) is 14.6. The lowest BCUT2D eigenvalue weighted by atomic mass is 9.99. The second-order valence-corrected chi connectivity index (χ2v) is 6.69. The van der Waals surface area contributed by atoms with Gasteiger partial charge in [-0.2, -0.15) is 0 Å². The number of piperidine rings is 1. The van der Waals surface area contributed by atoms with E-state index < -0.39 is 0 Å². The van der Waals surface area contributed by atoms with Crippen molar-refractivity contribution in [1.29, 1.82) is 0 Å². The van der Waals surface area contributed by atoms with Crippen LogP contribution in [0.5, 0.6) is 0 Å². The highest BCUT2D eigenvalue weighted by atomic mass is 16.5. The maximum absolute atomic E-state index is 12.9. The number of aryl methyl sites for hydroxylation is 1. The Morgan fingerprint density at radius 1 is 1.36 bits per heavy atom. The van der Waals surface area contributed by atoms with Crippen LogP contribution in [0.4, 0.5) is 5.95 Å². The molecule has 2 aromatic rings. The maximum Gasteiger partial charge on any atom is 0.257 e. The van der Waals surface area contributed by atoms with Crippen molar-refractivity contribution in [3.63, 3.8) is 0 Å². The number of fused-ring (bicyclic) bond motifs is 3. The molecule has 2 aromatic heterocycles. The molecule has 1 fully saturated rings. The molecular formula is C16H21N7O2. The maximum atomic E-state index is 12.9. The molecule has 4 heterocycles. The minimum absolute atomic E-state index is 0.0470. The molecule has 0 saturated carbocycles. The van der Waals surface area contributed by atoms with Crippen molar-refractivity contribution in [3.05, 3.63) is 29.3 Å². The Morgan fingerprint density at radius 3 is 2.96 bits per heavy atom. The predicted octanol–water partition coefficient (Wildman–Crippen LogP) is 0.429. The largest absolute Gasteiger partial charge is 0.368 e. The molecule has 9 nitrogen and oxygen atoms in total. The summed E-state index contributed by atoms with van der Waals surface area (Å²) in [6.45, 7) is 3.51. The fourth-order valence-corrected chi connectivity index (χ4v) is 3.42. The van der Waals surface area contributed by atoms with Crippen LogP contribution in [-0.4, -0.2) is 69.1 Å². The van der Waals surface area contributed by atoms with Crippen LogP contribution in [0.3, 0.4) is 0 Å². The van der Waals surface area contributed by atoms with Gasteiger partial charge in [0.15, 0.2) is 0 Å². The molecule has 0 spiro atoms. The van der Waals surface area contributed by atoms with E-state index in [0.29, 0.717) is 36.9 Å². The number of carbonyl (C=O) groups excluding carboxylic acids is 1. The SMILES string of the molecule is Cc1nc(N(C)C)ncc1C(=O)N1CC[C@H]2[C@H](C1)OCc1cnnn12. The number of aromatic nitrogens is 5. The van der Waals surface area contributed by atoms with E-state index in [0.717, 1.165) is 12.1 Å². The summed E-state index contributed by atoms with van der Waals surface area (Å²) in [7, 11) is 3.75. The second kappa shape index (κ2) is 6.07. The Morgan fingerprint density at radius 2 is 2.20 bits per heavy atom. The Bertz CT molecular complexity index is 804. The van der Waals surface area contributed by atoms with Crippen molar-refractivity contribution in [1.82, 2.24) is 29.9 Å². The number of hydrogen-bond acceptors (Lipinski definition) is 7. The minimum Gasteiger partial charge on any atom is -0.368 e. The van der Waals surface area contributed by atoms with Gasteiger partial charge in [0, 0.05) is 33.4 Å². The highest BCUT2D eigenvalue weighted by molar-refractivity contribution is 5.95. The molecule has 0 bridgehead atoms. The van der Waals surface area contributed by atoms with Gasteiger partial charge in [-0.1, -0.05) is 5.21 Å². The summed E-state index contributed by atoms with van der Waals surface area (Å²) < 4.78 is 7.87. The fraction of sp³-hybridized carbons (Fsp3) is 0.562. The zero-order valence-electron chi connectivity index (χ0n) is 14.6. The summed E-state index contributed by atoms with van der Waals surface area (Å²) in [6, 6.07) is 0.142. The van der Waals surface area contributed by atoms with Gasteiger partial charge >= 0.3 is 0 Å². The normalized spacial score (nSPS) is 22.3. The molecule has 1 amide bonds. The molecule has 0 radical (unpaired) electrons. The van der Waals surface area contributed by atoms with Crippen LogP contribution in [0.25, 0.3) is 0 Å². The first-order valence-corrected chi connectivity index (χ1v) is 8.35. The van der Waals surface area contributed by atoms with Gasteiger partial charge in [0.2, 0.25) is 5.95 Å². The third-order valence-corrected chi connectivity index (χ3v) is 4.82. The zero-order chi connectivity index (χ0) is 17.6. The summed E-state index contributed by atoms with van der Waals surface area (Å²) in [5.74, 6) is 0.552. The van der Waals surface area contributed by atoms with Crippen LogP contribution in [0.1, 0.15) is 34.2 Å². The Hall–Kier alpha value is -2.55. The third kappa shape index (κ3) is 2.74. The van der Waals surface area contributed by atoms with Gasteiger partial charge in [-0.05, 0) is 13.3 Å². The van der Waals surface area contributed by atoms with E-state index in [1.165, 1.54) is 0 Å². The molecule has 132 valence electrons. The number of anilines is 1. The molecule has 2 atom stereocenters. The first kappa shape index (κ1) is 15.9. The fourth-order valence-electron chi connectivity index (χ4n) is 3.42. The summed E-state index contributed by atoms with van der Waals surface area (Å²) >= 11 is 0. The molecule has 2 aliphatic rings. The van der Waals surface area contributed by atoms with Crippen LogP contribution in [0, 0.1) is 6.92 Å². The quantitative estimate of drug-likeness (QED) is 0.781. The highest BCUT2D eigenvalue weighted by Crippen LogP contribution is 2.31. The summed E-state index contributed by atoms with van der Waals surface area (Å²) in [6.07, 6.45) is 4.08. The number of amides is 1. The van der Waals surface area contributed by atoms with E-state index in [1.807, 2.05) is 35.5 Å². The number of nitrogens with zero attached hydrogens (tertiary/aromatic N) is 7. The van der Waals surface area contributed by atoms with Gasteiger partial charge in [0.25, 0.3) is 5.91 Å². The van der Waals surface area contributed by atoms with E-state index in [4.69, 9.17) is 4.74 Å². The van der Waals surface area contributed by atoms with Gasteiger partial charge in [0.1, 0.15) is 0 Å². The van der Waals surface area contributed by atoms with Crippen LogP contribution in [0.2, 0.25) is 0 Å². The number of likely N-dealkylation sites (tertiary alicyclic amines) is 1. The van der Waals surface area contributed by atoms with Crippen molar-refractivity contribution in [2.75, 3.05) is 32.1 Å². The number of ether oxygens (including phenoxy) is 1. The Labute approximate surface area is 145 Å². The number of rotatable bonds is 2. The van der Waals surface area contributed by atoms with Crippen molar-refractivity contribution >= 4 is 11.9 Å². The molecular weight excluding hydrogens is 322 g/mol. The number of carbonyl (C=O) groups is 1. The summed E-state index contributed by atoms with van der Waals surface area (Å²) in [5.41, 5.74) is 2.22. The Balaban J connectivity index is 1.52. The first-order chi connectivity index (χ1) is 12.0. The van der Waals surface area contributed by atoms with Crippen molar-refractivity contribution in [2.45, 2.75) is 32.1 Å². The van der Waals surface area contributed by atoms with Gasteiger partial charge < -0.3 is 14.5 Å². The lowest BCUT2D eigenvalue weighted by Crippen LogP contribution is -2.50. The van der Waals surface area contributed by atoms with Crippen molar-refractivity contribution < 1.29 is 9.53 Å². The van der Waals surface area contributed by atoms with Crippen LogP contribution < -0.4 is 4.90 Å². The van der Waals surface area contributed by atoms with Crippen LogP contribution >= 0.6 is 0 Å². The molecule has 0 N–H and O–H groups in total. The molecule has 9 heteroatoms. The van der Waals surface area contributed by atoms with E-state index in [2.05, 4.69) is 20.3 Å². The van der Waals surface area contributed by atoms with Crippen molar-refractivity contribution in [2.24, 2.45) is 0 Å². The lowest BCUT2D eigenvalue weighted by Gasteiger charge is -2.41. The molecule has 4 rings (SSSR count). The van der Waals surface area contributed by atoms with Gasteiger partial charge in [-0.25, -0.2) is 14.6 Å². The van der Waals surface area contributed by atoms with Gasteiger partial charge in [-0.15, -0.1) is 5.10 Å². The Kier molecular flexibility index (Phi) is 3.87. The van der Waals surface area contributed by atoms with E-state index in [-0.39, 0.29) is 18.1 Å². The second-order valence-electron chi connectivity index (χ2n) is 6.69. The highest BCUT2D eigenvalue weighted by Gasteiger charge is 2.38. The average Bonchev–Trinajstić information content (AvgIpc) is 3.09. The van der Waals surface area contributed by atoms with E-state index in [9.17, 15) is 4.79 Å². The predicted molar refractivity (Wildman–Crippen MR) is 89.3 cm³/mol. The average molecular weight is 343 g/mol.